The van der Waals surface area contributed by atoms with Crippen LogP contribution in [0.4, 0.5) is 15.8 Å². The molecule has 1 atom stereocenters. The second-order valence-corrected chi connectivity index (χ2v) is 7.10. The molecule has 0 saturated heterocycles. The summed E-state index contributed by atoms with van der Waals surface area (Å²) in [5, 5.41) is 13.6. The molecule has 1 aromatic carbocycles. The van der Waals surface area contributed by atoms with Gasteiger partial charge in [0.25, 0.3) is 0 Å². The number of hydrogen-bond acceptors (Lipinski definition) is 4. The van der Waals surface area contributed by atoms with E-state index < -0.39 is 16.4 Å². The Morgan fingerprint density at radius 2 is 2.09 bits per heavy atom. The molecule has 2 rings (SSSR count). The van der Waals surface area contributed by atoms with Crippen molar-refractivity contribution in [2.24, 2.45) is 0 Å². The number of nitro groups is 1. The quantitative estimate of drug-likeness (QED) is 0.652. The minimum atomic E-state index is -0.910. The average molecular weight is 326 g/mol. The molecule has 120 valence electrons. The molecule has 0 aliphatic heterocycles. The molecule has 7 heteroatoms. The monoisotopic (exact) mass is 326 g/mol. The molecule has 1 aliphatic rings. The molecule has 1 saturated carbocycles. The highest BCUT2D eigenvalue weighted by molar-refractivity contribution is 8.01. The Morgan fingerprint density at radius 3 is 2.73 bits per heavy atom. The van der Waals surface area contributed by atoms with Gasteiger partial charge in [0, 0.05) is 17.0 Å². The first-order valence-corrected chi connectivity index (χ1v) is 8.32. The van der Waals surface area contributed by atoms with Gasteiger partial charge in [-0.15, -0.1) is 11.8 Å². The topological polar surface area (TPSA) is 72.2 Å². The maximum atomic E-state index is 13.3. The van der Waals surface area contributed by atoms with Crippen molar-refractivity contribution in [2.45, 2.75) is 49.5 Å². The Bertz CT molecular complexity index is 562. The van der Waals surface area contributed by atoms with Crippen LogP contribution in [-0.2, 0) is 4.79 Å². The van der Waals surface area contributed by atoms with Crippen molar-refractivity contribution in [3.8, 4) is 0 Å². The zero-order chi connectivity index (χ0) is 16.1. The standard InChI is InChI=1S/C15H19FN2O3S/c1-10(22-12-5-3-2-4-6-12)15(19)17-11-7-8-13(16)14(9-11)18(20)21/h7-10,12H,2-6H2,1H3,(H,17,19). The lowest BCUT2D eigenvalue weighted by molar-refractivity contribution is -0.387. The summed E-state index contributed by atoms with van der Waals surface area (Å²) in [6.45, 7) is 1.83. The molecule has 1 amide bonds. The lowest BCUT2D eigenvalue weighted by atomic mass is 10.0. The van der Waals surface area contributed by atoms with E-state index in [1.165, 1.54) is 25.3 Å². The number of thioether (sulfide) groups is 1. The molecule has 1 N–H and O–H groups in total. The number of benzene rings is 1. The SMILES string of the molecule is CC(SC1CCCCC1)C(=O)Nc1ccc(F)c([N+](=O)[O-])c1. The predicted molar refractivity (Wildman–Crippen MR) is 85.6 cm³/mol. The van der Waals surface area contributed by atoms with Crippen molar-refractivity contribution >= 4 is 29.0 Å². The number of nitro benzene ring substituents is 1. The molecule has 5 nitrogen and oxygen atoms in total. The van der Waals surface area contributed by atoms with Crippen LogP contribution in [0.1, 0.15) is 39.0 Å². The molecule has 22 heavy (non-hydrogen) atoms. The Hall–Kier alpha value is -1.63. The molecule has 1 unspecified atom stereocenters. The summed E-state index contributed by atoms with van der Waals surface area (Å²) in [6, 6.07) is 3.37. The molecular formula is C15H19FN2O3S. The Morgan fingerprint density at radius 1 is 1.41 bits per heavy atom. The lowest BCUT2D eigenvalue weighted by Gasteiger charge is -2.23. The number of anilines is 1. The van der Waals surface area contributed by atoms with E-state index in [2.05, 4.69) is 5.32 Å². The minimum absolute atomic E-state index is 0.212. The van der Waals surface area contributed by atoms with Gasteiger partial charge in [0.2, 0.25) is 11.7 Å². The van der Waals surface area contributed by atoms with Gasteiger partial charge in [0.1, 0.15) is 0 Å². The molecule has 1 aliphatic carbocycles. The van der Waals surface area contributed by atoms with E-state index in [-0.39, 0.29) is 16.8 Å². The fourth-order valence-electron chi connectivity index (χ4n) is 2.53. The van der Waals surface area contributed by atoms with Gasteiger partial charge in [0.15, 0.2) is 0 Å². The van der Waals surface area contributed by atoms with Crippen molar-refractivity contribution in [1.82, 2.24) is 0 Å². The number of nitrogens with one attached hydrogen (secondary N) is 1. The highest BCUT2D eigenvalue weighted by Gasteiger charge is 2.22. The Labute approximate surface area is 132 Å². The third kappa shape index (κ3) is 4.43. The summed E-state index contributed by atoms with van der Waals surface area (Å²) in [4.78, 5) is 22.1. The lowest BCUT2D eigenvalue weighted by Crippen LogP contribution is -2.25. The summed E-state index contributed by atoms with van der Waals surface area (Å²) in [6.07, 6.45) is 5.93. The van der Waals surface area contributed by atoms with Crippen LogP contribution in [0.5, 0.6) is 0 Å². The number of amides is 1. The van der Waals surface area contributed by atoms with Crippen LogP contribution in [0.3, 0.4) is 0 Å². The summed E-state index contributed by atoms with van der Waals surface area (Å²) in [7, 11) is 0. The Kier molecular flexibility index (Phi) is 5.76. The first-order chi connectivity index (χ1) is 10.5. The van der Waals surface area contributed by atoms with Crippen LogP contribution >= 0.6 is 11.8 Å². The van der Waals surface area contributed by atoms with Gasteiger partial charge in [-0.05, 0) is 31.9 Å². The molecule has 0 heterocycles. The van der Waals surface area contributed by atoms with Crippen molar-refractivity contribution in [2.75, 3.05) is 5.32 Å². The zero-order valence-corrected chi connectivity index (χ0v) is 13.2. The van der Waals surface area contributed by atoms with Crippen LogP contribution in [-0.4, -0.2) is 21.3 Å². The average Bonchev–Trinajstić information content (AvgIpc) is 2.49. The number of carbonyl (C=O) groups is 1. The molecular weight excluding hydrogens is 307 g/mol. The van der Waals surface area contributed by atoms with E-state index in [0.717, 1.165) is 25.0 Å². The normalized spacial score (nSPS) is 17.0. The maximum Gasteiger partial charge on any atom is 0.306 e. The zero-order valence-electron chi connectivity index (χ0n) is 12.4. The summed E-state index contributed by atoms with van der Waals surface area (Å²) < 4.78 is 13.3. The largest absolute Gasteiger partial charge is 0.325 e. The summed E-state index contributed by atoms with van der Waals surface area (Å²) >= 11 is 1.64. The highest BCUT2D eigenvalue weighted by Crippen LogP contribution is 2.31. The smallest absolute Gasteiger partial charge is 0.306 e. The fourth-order valence-corrected chi connectivity index (χ4v) is 3.89. The maximum absolute atomic E-state index is 13.3. The highest BCUT2D eigenvalue weighted by atomic mass is 32.2. The van der Waals surface area contributed by atoms with E-state index in [1.54, 1.807) is 11.8 Å². The van der Waals surface area contributed by atoms with Gasteiger partial charge in [-0.3, -0.25) is 14.9 Å². The van der Waals surface area contributed by atoms with Crippen LogP contribution in [0, 0.1) is 15.9 Å². The van der Waals surface area contributed by atoms with Crippen LogP contribution in [0.25, 0.3) is 0 Å². The van der Waals surface area contributed by atoms with Gasteiger partial charge in [-0.1, -0.05) is 19.3 Å². The number of carbonyl (C=O) groups excluding carboxylic acids is 1. The van der Waals surface area contributed by atoms with Crippen LogP contribution < -0.4 is 5.32 Å². The Balaban J connectivity index is 1.95. The second kappa shape index (κ2) is 7.58. The van der Waals surface area contributed by atoms with E-state index >= 15 is 0 Å². The molecule has 1 fully saturated rings. The summed E-state index contributed by atoms with van der Waals surface area (Å²) in [5.41, 5.74) is -0.389. The third-order valence-corrected chi connectivity index (χ3v) is 5.21. The van der Waals surface area contributed by atoms with Crippen LogP contribution in [0.15, 0.2) is 18.2 Å². The molecule has 0 radical (unpaired) electrons. The van der Waals surface area contributed by atoms with E-state index in [1.807, 2.05) is 6.92 Å². The number of hydrogen-bond donors (Lipinski definition) is 1. The van der Waals surface area contributed by atoms with Gasteiger partial charge in [-0.2, -0.15) is 4.39 Å². The van der Waals surface area contributed by atoms with E-state index in [4.69, 9.17) is 0 Å². The summed E-state index contributed by atoms with van der Waals surface area (Å²) in [5.74, 6) is -1.12. The molecule has 0 bridgehead atoms. The predicted octanol–water partition coefficient (Wildman–Crippen LogP) is 4.13. The van der Waals surface area contributed by atoms with Crippen molar-refractivity contribution in [1.29, 1.82) is 0 Å². The third-order valence-electron chi connectivity index (χ3n) is 3.73. The van der Waals surface area contributed by atoms with Crippen LogP contribution in [0.2, 0.25) is 0 Å². The molecule has 1 aromatic rings. The first-order valence-electron chi connectivity index (χ1n) is 7.37. The van der Waals surface area contributed by atoms with Crippen molar-refractivity contribution in [3.05, 3.63) is 34.1 Å². The number of nitrogens with zero attached hydrogens (tertiary/aromatic N) is 1. The van der Waals surface area contributed by atoms with Crippen molar-refractivity contribution in [3.63, 3.8) is 0 Å². The second-order valence-electron chi connectivity index (χ2n) is 5.45. The fraction of sp³-hybridized carbons (Fsp3) is 0.533. The molecule has 0 aromatic heterocycles. The molecule has 0 spiro atoms. The number of halogens is 1. The van der Waals surface area contributed by atoms with E-state index in [0.29, 0.717) is 5.25 Å². The van der Waals surface area contributed by atoms with Gasteiger partial charge < -0.3 is 5.32 Å². The minimum Gasteiger partial charge on any atom is -0.325 e. The van der Waals surface area contributed by atoms with E-state index in [9.17, 15) is 19.3 Å². The van der Waals surface area contributed by atoms with Gasteiger partial charge in [0.05, 0.1) is 10.2 Å². The number of rotatable bonds is 5. The van der Waals surface area contributed by atoms with Crippen molar-refractivity contribution < 1.29 is 14.1 Å². The first kappa shape index (κ1) is 16.7. The van der Waals surface area contributed by atoms with Gasteiger partial charge >= 0.3 is 5.69 Å². The van der Waals surface area contributed by atoms with Gasteiger partial charge in [-0.25, -0.2) is 0 Å².